The molecule has 6 rings (SSSR count). The van der Waals surface area contributed by atoms with Gasteiger partial charge in [-0.05, 0) is 0 Å². The molecule has 0 nitrogen and oxygen atoms in total. The first-order chi connectivity index (χ1) is 27.4. The zero-order valence-electron chi connectivity index (χ0n) is 31.5. The van der Waals surface area contributed by atoms with Crippen LogP contribution in [0.25, 0.3) is 5.57 Å². The molecule has 0 unspecified atom stereocenters. The van der Waals surface area contributed by atoms with Gasteiger partial charge in [-0.1, -0.05) is 0 Å². The van der Waals surface area contributed by atoms with Crippen LogP contribution in [0.1, 0.15) is 5.56 Å². The second-order valence-corrected chi connectivity index (χ2v) is 39.2. The van der Waals surface area contributed by atoms with Crippen LogP contribution in [0.4, 0.5) is 65.9 Å². The molecule has 0 atom stereocenters. The third-order valence-electron chi connectivity index (χ3n) is 10.3. The SMILES string of the molecule is C[Si](C)(C)[C]1=C(B(c2c(F)c(F)c(F)c(F)c2F)c2c(F)c(F)c(F)c(F)c2F)C(c2c(F)c(F)c(F)c(F)c2F)=[C]([Si](C)(C)C)[Sn]1([c]1ccccc1)[c]1ccccc1. The van der Waals surface area contributed by atoms with E-state index in [0.717, 1.165) is 0 Å². The average Bonchev–Trinajstić information content (AvgIpc) is 3.53. The predicted octanol–water partition coefficient (Wildman–Crippen LogP) is 9.78. The first-order valence-corrected chi connectivity index (χ1v) is 30.2. The molecule has 0 spiro atoms. The molecule has 0 amide bonds. The molecule has 0 N–H and O–H groups in total. The number of hydrogen-bond donors (Lipinski definition) is 0. The van der Waals surface area contributed by atoms with E-state index in [0.29, 0.717) is 7.16 Å². The van der Waals surface area contributed by atoms with E-state index in [2.05, 4.69) is 0 Å². The van der Waals surface area contributed by atoms with Crippen LogP contribution in [0.2, 0.25) is 39.3 Å². The van der Waals surface area contributed by atoms with Crippen LogP contribution in [-0.2, 0) is 0 Å². The van der Waals surface area contributed by atoms with Crippen LogP contribution in [0.15, 0.2) is 72.6 Å². The Morgan fingerprint density at radius 3 is 0.915 bits per heavy atom. The zero-order chi connectivity index (χ0) is 44.0. The van der Waals surface area contributed by atoms with Gasteiger partial charge in [0.05, 0.1) is 0 Å². The van der Waals surface area contributed by atoms with Gasteiger partial charge < -0.3 is 0 Å². The summed E-state index contributed by atoms with van der Waals surface area (Å²) in [5, 5.41) is 0. The van der Waals surface area contributed by atoms with Crippen LogP contribution in [-0.4, -0.2) is 41.2 Å². The fraction of sp³-hybridized carbons (Fsp3) is 0.150. The van der Waals surface area contributed by atoms with Gasteiger partial charge in [0.25, 0.3) is 0 Å². The summed E-state index contributed by atoms with van der Waals surface area (Å²) < 4.78 is 236. The number of halogens is 15. The van der Waals surface area contributed by atoms with Gasteiger partial charge in [-0.2, -0.15) is 0 Å². The number of hydrogen-bond acceptors (Lipinski definition) is 0. The molecule has 1 heterocycles. The Kier molecular flexibility index (Phi) is 11.6. The van der Waals surface area contributed by atoms with Crippen LogP contribution in [0.3, 0.4) is 0 Å². The van der Waals surface area contributed by atoms with E-state index in [9.17, 15) is 13.2 Å². The Balaban J connectivity index is 2.13. The molecule has 19 heteroatoms. The van der Waals surface area contributed by atoms with Gasteiger partial charge in [0.2, 0.25) is 0 Å². The normalized spacial score (nSPS) is 14.5. The van der Waals surface area contributed by atoms with Crippen molar-refractivity contribution >= 4 is 64.9 Å². The van der Waals surface area contributed by atoms with Crippen molar-refractivity contribution in [3.8, 4) is 0 Å². The molecule has 59 heavy (non-hydrogen) atoms. The third-order valence-corrected chi connectivity index (χ3v) is 44.3. The van der Waals surface area contributed by atoms with E-state index < -0.39 is 156 Å². The molecular formula is C40H28BF15Si2Sn. The van der Waals surface area contributed by atoms with Gasteiger partial charge in [0, 0.05) is 0 Å². The number of allylic oxidation sites excluding steroid dienone is 2. The van der Waals surface area contributed by atoms with Crippen molar-refractivity contribution in [3.63, 3.8) is 0 Å². The second-order valence-electron chi connectivity index (χ2n) is 15.9. The Labute approximate surface area is 334 Å². The second kappa shape index (κ2) is 15.4. The van der Waals surface area contributed by atoms with Crippen LogP contribution >= 0.6 is 0 Å². The van der Waals surface area contributed by atoms with Gasteiger partial charge in [-0.25, -0.2) is 0 Å². The van der Waals surface area contributed by atoms with Crippen molar-refractivity contribution < 1.29 is 65.9 Å². The van der Waals surface area contributed by atoms with Gasteiger partial charge >= 0.3 is 335 Å². The van der Waals surface area contributed by atoms with Crippen molar-refractivity contribution in [3.05, 3.63) is 165 Å². The molecule has 0 aliphatic carbocycles. The molecule has 1 aliphatic rings. The minimum atomic E-state index is -5.86. The molecule has 0 saturated carbocycles. The first kappa shape index (κ1) is 44.4. The fourth-order valence-corrected chi connectivity index (χ4v) is 51.0. The Morgan fingerprint density at radius 1 is 0.356 bits per heavy atom. The zero-order valence-corrected chi connectivity index (χ0v) is 36.4. The quantitative estimate of drug-likeness (QED) is 0.0630. The van der Waals surface area contributed by atoms with Crippen molar-refractivity contribution in [1.82, 2.24) is 0 Å². The first-order valence-electron chi connectivity index (χ1n) is 17.5. The molecule has 0 radical (unpaired) electrons. The van der Waals surface area contributed by atoms with E-state index >= 15 is 52.7 Å². The topological polar surface area (TPSA) is 0 Å². The van der Waals surface area contributed by atoms with Gasteiger partial charge in [0.15, 0.2) is 0 Å². The van der Waals surface area contributed by atoms with E-state index in [1.807, 2.05) is 0 Å². The summed E-state index contributed by atoms with van der Waals surface area (Å²) in [5.41, 5.74) is -8.42. The van der Waals surface area contributed by atoms with Gasteiger partial charge in [-0.3, -0.25) is 0 Å². The predicted molar refractivity (Wildman–Crippen MR) is 202 cm³/mol. The maximum atomic E-state index is 16.7. The van der Waals surface area contributed by atoms with Crippen molar-refractivity contribution in [2.45, 2.75) is 39.3 Å². The monoisotopic (exact) mass is 980 g/mol. The number of benzene rings is 5. The maximum absolute atomic E-state index is 16.7. The summed E-state index contributed by atoms with van der Waals surface area (Å²) in [6.45, 7) is 5.87. The number of rotatable bonds is 8. The van der Waals surface area contributed by atoms with E-state index in [1.54, 1.807) is 31.8 Å². The summed E-state index contributed by atoms with van der Waals surface area (Å²) in [6.07, 6.45) is 0. The molecule has 1 aliphatic heterocycles. The molecule has 0 bridgehead atoms. The molecule has 5 aromatic carbocycles. The van der Waals surface area contributed by atoms with Crippen LogP contribution in [0, 0.1) is 87.3 Å². The Hall–Kier alpha value is -4.17. The molecule has 5 aromatic rings. The van der Waals surface area contributed by atoms with E-state index in [4.69, 9.17) is 0 Å². The van der Waals surface area contributed by atoms with Gasteiger partial charge in [0.1, 0.15) is 0 Å². The summed E-state index contributed by atoms with van der Waals surface area (Å²) in [6, 6.07) is 15.3. The standard InChI is InChI=1S/C28H18BF15Si2.2C6H5.Sn/c1-45(2,3)7-9(11-14(30)20(36)26(42)21(37)15(11)31)10(8-46(4,5)6)29(12-16(32)22(38)27(43)23(39)17(12)33)13-18(34)24(40)28(44)25(41)19(13)35;2*1-2-4-6-5-3-1;/h1-6H3;2*1-5H;. The Morgan fingerprint density at radius 2 is 0.627 bits per heavy atom. The average molecular weight is 979 g/mol. The summed E-state index contributed by atoms with van der Waals surface area (Å²) in [5.74, 6) is -40.8. The van der Waals surface area contributed by atoms with E-state index in [-0.39, 0.29) is 6.42 Å². The fourth-order valence-electron chi connectivity index (χ4n) is 8.35. The molecule has 0 fully saturated rings. The summed E-state index contributed by atoms with van der Waals surface area (Å²) >= 11 is -5.86. The molecule has 0 aromatic heterocycles. The van der Waals surface area contributed by atoms with Crippen molar-refractivity contribution in [1.29, 1.82) is 0 Å². The summed E-state index contributed by atoms with van der Waals surface area (Å²) in [7, 11) is -7.30. The summed E-state index contributed by atoms with van der Waals surface area (Å²) in [4.78, 5) is 0. The van der Waals surface area contributed by atoms with Gasteiger partial charge in [-0.15, -0.1) is 0 Å². The molecular weight excluding hydrogens is 951 g/mol. The Bertz CT molecular complexity index is 2440. The van der Waals surface area contributed by atoms with Crippen LogP contribution in [0.5, 0.6) is 0 Å². The third kappa shape index (κ3) is 6.62. The van der Waals surface area contributed by atoms with Crippen molar-refractivity contribution in [2.75, 3.05) is 0 Å². The van der Waals surface area contributed by atoms with E-state index in [1.165, 1.54) is 68.2 Å². The van der Waals surface area contributed by atoms with Crippen molar-refractivity contribution in [2.24, 2.45) is 0 Å². The molecule has 0 saturated heterocycles. The van der Waals surface area contributed by atoms with Crippen LogP contribution < -0.4 is 18.1 Å². The minimum absolute atomic E-state index is 0.0578. The molecule has 308 valence electrons.